The maximum Gasteiger partial charge on any atom is 0.262 e. The fourth-order valence-electron chi connectivity index (χ4n) is 2.29. The van der Waals surface area contributed by atoms with E-state index in [0.717, 1.165) is 11.1 Å². The van der Waals surface area contributed by atoms with Crippen molar-refractivity contribution in [1.82, 2.24) is 10.7 Å². The van der Waals surface area contributed by atoms with Crippen molar-refractivity contribution in [3.63, 3.8) is 0 Å². The van der Waals surface area contributed by atoms with Gasteiger partial charge < -0.3 is 20.1 Å². The molecule has 0 aromatic heterocycles. The van der Waals surface area contributed by atoms with E-state index in [1.54, 1.807) is 18.3 Å². The zero-order valence-electron chi connectivity index (χ0n) is 16.4. The van der Waals surface area contributed by atoms with Crippen LogP contribution in [0.15, 0.2) is 46.0 Å². The molecule has 0 aliphatic carbocycles. The summed E-state index contributed by atoms with van der Waals surface area (Å²) in [7, 11) is 1.53. The molecule has 0 aliphatic rings. The fraction of sp³-hybridized carbons (Fsp3) is 0.250. The number of hydrazone groups is 1. The predicted molar refractivity (Wildman–Crippen MR) is 123 cm³/mol. The molecule has 0 aliphatic heterocycles. The molecule has 9 heteroatoms. The molecule has 2 aromatic carbocycles. The van der Waals surface area contributed by atoms with Gasteiger partial charge >= 0.3 is 0 Å². The van der Waals surface area contributed by atoms with E-state index < -0.39 is 0 Å². The third-order valence-electron chi connectivity index (χ3n) is 3.65. The fourth-order valence-corrected chi connectivity index (χ4v) is 3.06. The summed E-state index contributed by atoms with van der Waals surface area (Å²) in [5, 5.41) is 10.2. The van der Waals surface area contributed by atoms with Crippen molar-refractivity contribution in [2.45, 2.75) is 13.8 Å². The number of hydrogen-bond acceptors (Lipinski definition) is 5. The van der Waals surface area contributed by atoms with Gasteiger partial charge in [0.2, 0.25) is 0 Å². The summed E-state index contributed by atoms with van der Waals surface area (Å²) in [6, 6.07) is 11.1. The van der Waals surface area contributed by atoms with Gasteiger partial charge in [0.15, 0.2) is 23.2 Å². The second-order valence-electron chi connectivity index (χ2n) is 5.97. The van der Waals surface area contributed by atoms with E-state index in [9.17, 15) is 4.79 Å². The van der Waals surface area contributed by atoms with Crippen LogP contribution in [-0.2, 0) is 4.79 Å². The van der Waals surface area contributed by atoms with Crippen LogP contribution in [0.1, 0.15) is 18.1 Å². The van der Waals surface area contributed by atoms with E-state index in [2.05, 4.69) is 37.1 Å². The summed E-state index contributed by atoms with van der Waals surface area (Å²) < 4.78 is 11.7. The number of nitrogens with zero attached hydrogens (tertiary/aromatic N) is 1. The van der Waals surface area contributed by atoms with Crippen LogP contribution in [0, 0.1) is 6.92 Å². The maximum absolute atomic E-state index is 12.2. The summed E-state index contributed by atoms with van der Waals surface area (Å²) in [4.78, 5) is 12.2. The average molecular weight is 479 g/mol. The molecule has 0 saturated carbocycles. The number of methoxy groups -OCH3 is 1. The molecule has 0 spiro atoms. The average Bonchev–Trinajstić information content (AvgIpc) is 2.68. The summed E-state index contributed by atoms with van der Waals surface area (Å²) in [6.45, 7) is 4.48. The highest BCUT2D eigenvalue weighted by Crippen LogP contribution is 2.36. The van der Waals surface area contributed by atoms with Crippen molar-refractivity contribution >= 4 is 51.1 Å². The lowest BCUT2D eigenvalue weighted by molar-refractivity contribution is -0.118. The largest absolute Gasteiger partial charge is 0.493 e. The van der Waals surface area contributed by atoms with Crippen molar-refractivity contribution < 1.29 is 14.3 Å². The molecule has 0 atom stereocenters. The highest BCUT2D eigenvalue weighted by Gasteiger charge is 2.13. The number of nitrogens with one attached hydrogen (secondary N) is 3. The molecule has 0 radical (unpaired) electrons. The lowest BCUT2D eigenvalue weighted by Crippen LogP contribution is -2.31. The van der Waals surface area contributed by atoms with E-state index in [0.29, 0.717) is 33.3 Å². The number of anilines is 1. The quantitative estimate of drug-likeness (QED) is 0.305. The Morgan fingerprint density at radius 2 is 2.00 bits per heavy atom. The highest BCUT2D eigenvalue weighted by atomic mass is 79.9. The number of carbonyl (C=O) groups excluding carboxylic acids is 1. The summed E-state index contributed by atoms with van der Waals surface area (Å²) >= 11 is 8.50. The van der Waals surface area contributed by atoms with Crippen molar-refractivity contribution in [2.24, 2.45) is 5.10 Å². The lowest BCUT2D eigenvalue weighted by atomic mass is 10.2. The van der Waals surface area contributed by atoms with Crippen molar-refractivity contribution in [3.05, 3.63) is 52.0 Å². The molecule has 154 valence electrons. The minimum absolute atomic E-state index is 0.158. The van der Waals surface area contributed by atoms with E-state index in [-0.39, 0.29) is 12.5 Å². The third kappa shape index (κ3) is 7.35. The highest BCUT2D eigenvalue weighted by molar-refractivity contribution is 9.10. The smallest absolute Gasteiger partial charge is 0.262 e. The zero-order chi connectivity index (χ0) is 21.2. The van der Waals surface area contributed by atoms with E-state index in [4.69, 9.17) is 21.7 Å². The molecular weight excluding hydrogens is 456 g/mol. The Labute approximate surface area is 184 Å². The summed E-state index contributed by atoms with van der Waals surface area (Å²) in [6.07, 6.45) is 1.60. The molecule has 3 N–H and O–H groups in total. The molecule has 2 aromatic rings. The number of amides is 1. The second-order valence-corrected chi connectivity index (χ2v) is 7.23. The predicted octanol–water partition coefficient (Wildman–Crippen LogP) is 3.60. The van der Waals surface area contributed by atoms with E-state index in [1.807, 2.05) is 38.1 Å². The molecule has 2 rings (SSSR count). The van der Waals surface area contributed by atoms with Crippen LogP contribution in [0.2, 0.25) is 0 Å². The van der Waals surface area contributed by atoms with Crippen LogP contribution < -0.4 is 25.5 Å². The molecule has 0 saturated heterocycles. The minimum atomic E-state index is -0.269. The number of carbonyl (C=O) groups is 1. The van der Waals surface area contributed by atoms with Crippen LogP contribution in [0.4, 0.5) is 5.69 Å². The molecular formula is C20H23BrN4O3S. The third-order valence-corrected chi connectivity index (χ3v) is 4.48. The van der Waals surface area contributed by atoms with Crippen LogP contribution in [0.25, 0.3) is 0 Å². The van der Waals surface area contributed by atoms with Gasteiger partial charge in [0, 0.05) is 12.2 Å². The van der Waals surface area contributed by atoms with Gasteiger partial charge in [-0.1, -0.05) is 17.7 Å². The molecule has 29 heavy (non-hydrogen) atoms. The number of thiocarbonyl (C=S) groups is 1. The normalized spacial score (nSPS) is 10.5. The Kier molecular flexibility index (Phi) is 8.88. The van der Waals surface area contributed by atoms with Crippen molar-refractivity contribution in [3.8, 4) is 11.5 Å². The van der Waals surface area contributed by atoms with Crippen LogP contribution in [0.5, 0.6) is 11.5 Å². The number of benzene rings is 2. The second kappa shape index (κ2) is 11.4. The van der Waals surface area contributed by atoms with Gasteiger partial charge in [-0.15, -0.1) is 0 Å². The first-order valence-electron chi connectivity index (χ1n) is 8.86. The zero-order valence-corrected chi connectivity index (χ0v) is 18.8. The Balaban J connectivity index is 2.01. The van der Waals surface area contributed by atoms with Gasteiger partial charge in [-0.2, -0.15) is 5.10 Å². The monoisotopic (exact) mass is 478 g/mol. The Hall–Kier alpha value is -2.65. The Morgan fingerprint density at radius 1 is 1.28 bits per heavy atom. The molecule has 0 heterocycles. The SMILES string of the molecule is CCNC(=S)NN=Cc1cc(Br)c(OCC(=O)Nc2ccc(C)cc2)c(OC)c1. The van der Waals surface area contributed by atoms with Gasteiger partial charge in [-0.3, -0.25) is 10.2 Å². The first-order chi connectivity index (χ1) is 13.9. The van der Waals surface area contributed by atoms with Gasteiger partial charge in [-0.05, 0) is 71.8 Å². The molecule has 7 nitrogen and oxygen atoms in total. The van der Waals surface area contributed by atoms with Gasteiger partial charge in [-0.25, -0.2) is 0 Å². The van der Waals surface area contributed by atoms with E-state index in [1.165, 1.54) is 7.11 Å². The molecule has 0 bridgehead atoms. The van der Waals surface area contributed by atoms with Crippen LogP contribution >= 0.6 is 28.1 Å². The number of aryl methyl sites for hydroxylation is 1. The molecule has 0 fully saturated rings. The van der Waals surface area contributed by atoms with Crippen molar-refractivity contribution in [1.29, 1.82) is 0 Å². The minimum Gasteiger partial charge on any atom is -0.493 e. The standard InChI is InChI=1S/C20H23BrN4O3S/c1-4-22-20(29)25-23-11-14-9-16(21)19(17(10-14)27-3)28-12-18(26)24-15-7-5-13(2)6-8-15/h5-11H,4,12H2,1-3H3,(H,24,26)(H2,22,25,29). The topological polar surface area (TPSA) is 84.0 Å². The number of hydrogen-bond donors (Lipinski definition) is 3. The number of rotatable bonds is 8. The molecule has 1 amide bonds. The van der Waals surface area contributed by atoms with Crippen LogP contribution in [-0.4, -0.2) is 37.5 Å². The summed E-state index contributed by atoms with van der Waals surface area (Å²) in [5.41, 5.74) is 5.31. The van der Waals surface area contributed by atoms with Crippen LogP contribution in [0.3, 0.4) is 0 Å². The Morgan fingerprint density at radius 3 is 2.66 bits per heavy atom. The summed E-state index contributed by atoms with van der Waals surface area (Å²) in [5.74, 6) is 0.632. The first kappa shape index (κ1) is 22.6. The van der Waals surface area contributed by atoms with Gasteiger partial charge in [0.05, 0.1) is 17.8 Å². The number of ether oxygens (including phenoxy) is 2. The Bertz CT molecular complexity index is 888. The van der Waals surface area contributed by atoms with Gasteiger partial charge in [0.1, 0.15) is 0 Å². The lowest BCUT2D eigenvalue weighted by Gasteiger charge is -2.13. The number of halogens is 1. The van der Waals surface area contributed by atoms with Crippen molar-refractivity contribution in [2.75, 3.05) is 25.6 Å². The van der Waals surface area contributed by atoms with E-state index >= 15 is 0 Å². The first-order valence-corrected chi connectivity index (χ1v) is 10.1. The molecule has 0 unspecified atom stereocenters. The maximum atomic E-state index is 12.2. The van der Waals surface area contributed by atoms with Gasteiger partial charge in [0.25, 0.3) is 5.91 Å².